The van der Waals surface area contributed by atoms with Gasteiger partial charge in [-0.05, 0) is 49.5 Å². The molecule has 1 aliphatic heterocycles. The number of aromatic nitrogens is 1. The van der Waals surface area contributed by atoms with Crippen LogP contribution >= 0.6 is 35.3 Å². The second kappa shape index (κ2) is 13.6. The maximum atomic E-state index is 12.5. The van der Waals surface area contributed by atoms with E-state index < -0.39 is 0 Å². The Bertz CT molecular complexity index is 796. The van der Waals surface area contributed by atoms with E-state index >= 15 is 0 Å². The Morgan fingerprint density at radius 2 is 2.06 bits per heavy atom. The SMILES string of the molecule is CN=C(NCC(=O)N(C)CCc1ccccn1)NCC(c1cccs1)N1CCCC1.I. The lowest BCUT2D eigenvalue weighted by Gasteiger charge is -2.27. The molecule has 2 N–H and O–H groups in total. The Balaban J connectivity index is 0.00000341. The third-order valence-electron chi connectivity index (χ3n) is 5.40. The number of aliphatic imine (C=N–C) groups is 1. The number of nitrogens with one attached hydrogen (secondary N) is 2. The van der Waals surface area contributed by atoms with Crippen LogP contribution in [0.4, 0.5) is 0 Å². The molecular weight excluding hydrogens is 523 g/mol. The van der Waals surface area contributed by atoms with E-state index in [1.807, 2.05) is 25.2 Å². The summed E-state index contributed by atoms with van der Waals surface area (Å²) in [7, 11) is 3.56. The van der Waals surface area contributed by atoms with E-state index in [0.717, 1.165) is 31.7 Å². The molecule has 0 saturated carbocycles. The molecule has 0 aromatic carbocycles. The highest BCUT2D eigenvalue weighted by atomic mass is 127. The minimum Gasteiger partial charge on any atom is -0.354 e. The molecule has 0 aliphatic carbocycles. The van der Waals surface area contributed by atoms with E-state index in [-0.39, 0.29) is 36.4 Å². The minimum absolute atomic E-state index is 0. The highest BCUT2D eigenvalue weighted by Gasteiger charge is 2.24. The first kappa shape index (κ1) is 25.5. The second-order valence-electron chi connectivity index (χ2n) is 7.47. The molecule has 7 nitrogen and oxygen atoms in total. The van der Waals surface area contributed by atoms with E-state index in [0.29, 0.717) is 18.5 Å². The first-order valence-electron chi connectivity index (χ1n) is 10.5. The van der Waals surface area contributed by atoms with Crippen molar-refractivity contribution >= 4 is 47.2 Å². The average molecular weight is 557 g/mol. The summed E-state index contributed by atoms with van der Waals surface area (Å²) in [4.78, 5) is 26.7. The van der Waals surface area contributed by atoms with Crippen molar-refractivity contribution in [2.24, 2.45) is 4.99 Å². The molecule has 0 spiro atoms. The summed E-state index contributed by atoms with van der Waals surface area (Å²) < 4.78 is 0. The van der Waals surface area contributed by atoms with Crippen molar-refractivity contribution in [3.63, 3.8) is 0 Å². The second-order valence-corrected chi connectivity index (χ2v) is 8.45. The Morgan fingerprint density at radius 1 is 1.26 bits per heavy atom. The molecule has 1 amide bonds. The topological polar surface area (TPSA) is 72.9 Å². The zero-order valence-corrected chi connectivity index (χ0v) is 21.4. The van der Waals surface area contributed by atoms with Crippen LogP contribution in [0.1, 0.15) is 29.5 Å². The number of hydrogen-bond donors (Lipinski definition) is 2. The lowest BCUT2D eigenvalue weighted by molar-refractivity contribution is -0.128. The van der Waals surface area contributed by atoms with Gasteiger partial charge in [0.2, 0.25) is 5.91 Å². The predicted molar refractivity (Wildman–Crippen MR) is 138 cm³/mol. The van der Waals surface area contributed by atoms with Gasteiger partial charge in [-0.25, -0.2) is 0 Å². The Kier molecular flexibility index (Phi) is 11.2. The normalized spacial score (nSPS) is 15.2. The lowest BCUT2D eigenvalue weighted by Crippen LogP contribution is -2.46. The number of likely N-dealkylation sites (N-methyl/N-ethyl adjacent to an activating group) is 1. The summed E-state index contributed by atoms with van der Waals surface area (Å²) in [6.45, 7) is 3.89. The largest absolute Gasteiger partial charge is 0.354 e. The van der Waals surface area contributed by atoms with Gasteiger partial charge in [0.15, 0.2) is 5.96 Å². The van der Waals surface area contributed by atoms with Crippen LogP contribution < -0.4 is 10.6 Å². The van der Waals surface area contributed by atoms with Crippen molar-refractivity contribution < 1.29 is 4.79 Å². The van der Waals surface area contributed by atoms with Gasteiger partial charge in [0, 0.05) is 50.4 Å². The maximum Gasteiger partial charge on any atom is 0.241 e. The molecule has 3 heterocycles. The molecule has 9 heteroatoms. The molecule has 2 aromatic heterocycles. The third kappa shape index (κ3) is 8.04. The molecule has 1 saturated heterocycles. The molecule has 170 valence electrons. The van der Waals surface area contributed by atoms with Gasteiger partial charge in [0.25, 0.3) is 0 Å². The highest BCUT2D eigenvalue weighted by molar-refractivity contribution is 14.0. The van der Waals surface area contributed by atoms with Gasteiger partial charge >= 0.3 is 0 Å². The Morgan fingerprint density at radius 3 is 2.71 bits per heavy atom. The van der Waals surface area contributed by atoms with Gasteiger partial charge in [-0.15, -0.1) is 35.3 Å². The number of halogens is 1. The minimum atomic E-state index is 0. The summed E-state index contributed by atoms with van der Waals surface area (Å²) in [6, 6.07) is 10.5. The number of carbonyl (C=O) groups is 1. The highest BCUT2D eigenvalue weighted by Crippen LogP contribution is 2.27. The van der Waals surface area contributed by atoms with E-state index in [1.54, 1.807) is 29.5 Å². The Hall–Kier alpha value is -1.72. The molecule has 0 bridgehead atoms. The van der Waals surface area contributed by atoms with Gasteiger partial charge < -0.3 is 15.5 Å². The van der Waals surface area contributed by atoms with Gasteiger partial charge in [-0.2, -0.15) is 0 Å². The first-order chi connectivity index (χ1) is 14.7. The molecular formula is C22H33IN6OS. The molecule has 31 heavy (non-hydrogen) atoms. The van der Waals surface area contributed by atoms with E-state index in [1.165, 1.54) is 17.7 Å². The van der Waals surface area contributed by atoms with Crippen LogP contribution in [0.2, 0.25) is 0 Å². The number of hydrogen-bond acceptors (Lipinski definition) is 5. The zero-order valence-electron chi connectivity index (χ0n) is 18.3. The number of pyridine rings is 1. The quantitative estimate of drug-likeness (QED) is 0.283. The fourth-order valence-electron chi connectivity index (χ4n) is 3.60. The van der Waals surface area contributed by atoms with Crippen molar-refractivity contribution in [1.82, 2.24) is 25.4 Å². The summed E-state index contributed by atoms with van der Waals surface area (Å²) in [5.74, 6) is 0.686. The van der Waals surface area contributed by atoms with Crippen molar-refractivity contribution in [1.29, 1.82) is 0 Å². The number of guanidine groups is 1. The van der Waals surface area contributed by atoms with Crippen LogP contribution in [0.3, 0.4) is 0 Å². The van der Waals surface area contributed by atoms with Crippen LogP contribution in [0.5, 0.6) is 0 Å². The smallest absolute Gasteiger partial charge is 0.241 e. The van der Waals surface area contributed by atoms with E-state index in [4.69, 9.17) is 0 Å². The van der Waals surface area contributed by atoms with Gasteiger partial charge in [-0.3, -0.25) is 19.7 Å². The molecule has 1 unspecified atom stereocenters. The van der Waals surface area contributed by atoms with Gasteiger partial charge in [-0.1, -0.05) is 12.1 Å². The van der Waals surface area contributed by atoms with E-state index in [2.05, 4.69) is 43.0 Å². The number of amides is 1. The predicted octanol–water partition coefficient (Wildman–Crippen LogP) is 2.76. The zero-order chi connectivity index (χ0) is 21.2. The maximum absolute atomic E-state index is 12.5. The van der Waals surface area contributed by atoms with Crippen LogP contribution in [0.15, 0.2) is 46.9 Å². The number of thiophene rings is 1. The molecule has 0 radical (unpaired) electrons. The first-order valence-corrected chi connectivity index (χ1v) is 11.4. The monoisotopic (exact) mass is 556 g/mol. The van der Waals surface area contributed by atoms with Crippen LogP contribution in [-0.2, 0) is 11.2 Å². The molecule has 1 atom stereocenters. The number of carbonyl (C=O) groups excluding carboxylic acids is 1. The molecule has 2 aromatic rings. The fraction of sp³-hybridized carbons (Fsp3) is 0.500. The summed E-state index contributed by atoms with van der Waals surface area (Å²) in [6.07, 6.45) is 5.04. The van der Waals surface area contributed by atoms with Crippen molar-refractivity contribution in [3.8, 4) is 0 Å². The lowest BCUT2D eigenvalue weighted by atomic mass is 10.2. The summed E-state index contributed by atoms with van der Waals surface area (Å²) >= 11 is 1.80. The molecule has 1 aliphatic rings. The average Bonchev–Trinajstić information content (AvgIpc) is 3.50. The van der Waals surface area contributed by atoms with Crippen molar-refractivity contribution in [3.05, 3.63) is 52.5 Å². The molecule has 3 rings (SSSR count). The van der Waals surface area contributed by atoms with Crippen molar-refractivity contribution in [2.75, 3.05) is 46.8 Å². The van der Waals surface area contributed by atoms with Gasteiger partial charge in [0.05, 0.1) is 12.6 Å². The van der Waals surface area contributed by atoms with E-state index in [9.17, 15) is 4.79 Å². The fourth-order valence-corrected chi connectivity index (χ4v) is 4.47. The molecule has 1 fully saturated rings. The van der Waals surface area contributed by atoms with Crippen LogP contribution in [0.25, 0.3) is 0 Å². The van der Waals surface area contributed by atoms with Gasteiger partial charge in [0.1, 0.15) is 0 Å². The number of likely N-dealkylation sites (tertiary alicyclic amines) is 1. The number of nitrogens with zero attached hydrogens (tertiary/aromatic N) is 4. The van der Waals surface area contributed by atoms with Crippen LogP contribution in [-0.4, -0.2) is 73.5 Å². The summed E-state index contributed by atoms with van der Waals surface area (Å²) in [5, 5.41) is 8.70. The number of rotatable bonds is 9. The third-order valence-corrected chi connectivity index (χ3v) is 6.38. The Labute approximate surface area is 206 Å². The van der Waals surface area contributed by atoms with Crippen LogP contribution in [0, 0.1) is 0 Å². The summed E-state index contributed by atoms with van der Waals surface area (Å²) in [5.41, 5.74) is 0.990. The standard InChI is InChI=1S/C22H32N6OS.HI/c1-23-22(25-16-19(20-9-7-15-30-20)28-12-5-6-13-28)26-17-21(29)27(2)14-10-18-8-3-4-11-24-18;/h3-4,7-9,11,15,19H,5-6,10,12-14,16-17H2,1-2H3,(H2,23,25,26);1H. The van der Waals surface area contributed by atoms with Crippen molar-refractivity contribution in [2.45, 2.75) is 25.3 Å².